The monoisotopic (exact) mass is 281 g/mol. The predicted octanol–water partition coefficient (Wildman–Crippen LogP) is 3.70. The first-order valence-electron chi connectivity index (χ1n) is 6.72. The van der Waals surface area contributed by atoms with Gasteiger partial charge >= 0.3 is 0 Å². The summed E-state index contributed by atoms with van der Waals surface area (Å²) in [6.45, 7) is 9.01. The third kappa shape index (κ3) is 7.22. The van der Waals surface area contributed by atoms with Crippen LogP contribution >= 0.6 is 11.6 Å². The zero-order chi connectivity index (χ0) is 14.5. The molecule has 1 atom stereocenters. The Balaban J connectivity index is 2.36. The number of carbonyl (C=O) groups is 1. The van der Waals surface area contributed by atoms with Crippen LogP contribution in [0.4, 0.5) is 0 Å². The summed E-state index contributed by atoms with van der Waals surface area (Å²) in [6.07, 6.45) is 1.31. The van der Waals surface area contributed by atoms with E-state index in [-0.39, 0.29) is 16.7 Å². The lowest BCUT2D eigenvalue weighted by Gasteiger charge is -2.22. The lowest BCUT2D eigenvalue weighted by atomic mass is 9.90. The molecule has 0 aliphatic carbocycles. The summed E-state index contributed by atoms with van der Waals surface area (Å²) < 4.78 is 0. The second-order valence-electron chi connectivity index (χ2n) is 6.33. The van der Waals surface area contributed by atoms with E-state index >= 15 is 0 Å². The summed E-state index contributed by atoms with van der Waals surface area (Å²) in [7, 11) is 0. The Morgan fingerprint density at radius 3 is 2.63 bits per heavy atom. The van der Waals surface area contributed by atoms with Gasteiger partial charge in [-0.25, -0.2) is 0 Å². The highest BCUT2D eigenvalue weighted by Gasteiger charge is 2.17. The van der Waals surface area contributed by atoms with Crippen LogP contribution in [0.15, 0.2) is 24.3 Å². The molecule has 0 bridgehead atoms. The molecule has 3 heteroatoms. The first-order valence-corrected chi connectivity index (χ1v) is 7.16. The van der Waals surface area contributed by atoms with Crippen molar-refractivity contribution in [1.29, 1.82) is 0 Å². The maximum atomic E-state index is 11.8. The molecule has 0 spiro atoms. The lowest BCUT2D eigenvalue weighted by molar-refractivity contribution is -0.120. The van der Waals surface area contributed by atoms with E-state index in [9.17, 15) is 4.79 Å². The van der Waals surface area contributed by atoms with Gasteiger partial charge in [0.25, 0.3) is 0 Å². The van der Waals surface area contributed by atoms with E-state index in [4.69, 9.17) is 11.6 Å². The minimum absolute atomic E-state index is 0.0125. The van der Waals surface area contributed by atoms with Gasteiger partial charge in [0.15, 0.2) is 0 Å². The summed E-state index contributed by atoms with van der Waals surface area (Å²) in [4.78, 5) is 11.8. The molecular formula is C16H24ClNO. The molecular weight excluding hydrogens is 258 g/mol. The van der Waals surface area contributed by atoms with Gasteiger partial charge in [-0.2, -0.15) is 0 Å². The number of carbonyl (C=O) groups excluding carboxylic acids is 1. The van der Waals surface area contributed by atoms with Crippen molar-refractivity contribution in [1.82, 2.24) is 5.32 Å². The molecule has 106 valence electrons. The summed E-state index contributed by atoms with van der Waals surface area (Å²) >= 11 is 6.22. The van der Waals surface area contributed by atoms with Gasteiger partial charge in [0.2, 0.25) is 5.91 Å². The molecule has 0 saturated carbocycles. The van der Waals surface area contributed by atoms with Crippen molar-refractivity contribution < 1.29 is 4.79 Å². The van der Waals surface area contributed by atoms with E-state index in [2.05, 4.69) is 26.1 Å². The van der Waals surface area contributed by atoms with Crippen LogP contribution in [0.5, 0.6) is 0 Å². The summed E-state index contributed by atoms with van der Waals surface area (Å²) in [5, 5.41) is 2.89. The van der Waals surface area contributed by atoms with Gasteiger partial charge in [-0.05, 0) is 24.3 Å². The van der Waals surface area contributed by atoms with Crippen LogP contribution in [0.3, 0.4) is 0 Å². The van der Waals surface area contributed by atoms with Crippen molar-refractivity contribution in [3.63, 3.8) is 0 Å². The number of benzene rings is 1. The fourth-order valence-electron chi connectivity index (χ4n) is 2.03. The second-order valence-corrected chi connectivity index (χ2v) is 6.95. The Morgan fingerprint density at radius 1 is 1.37 bits per heavy atom. The zero-order valence-corrected chi connectivity index (χ0v) is 13.1. The second kappa shape index (κ2) is 6.95. The summed E-state index contributed by atoms with van der Waals surface area (Å²) in [5.41, 5.74) is 2.40. The molecule has 0 saturated heterocycles. The highest BCUT2D eigenvalue weighted by Crippen LogP contribution is 2.23. The minimum Gasteiger partial charge on any atom is -0.354 e. The molecule has 1 aromatic carbocycles. The molecule has 0 radical (unpaired) electrons. The maximum Gasteiger partial charge on any atom is 0.224 e. The first kappa shape index (κ1) is 16.0. The average Bonchev–Trinajstić information content (AvgIpc) is 2.24. The molecule has 0 fully saturated rings. The molecule has 1 unspecified atom stereocenters. The molecule has 1 N–H and O–H groups in total. The smallest absolute Gasteiger partial charge is 0.224 e. The van der Waals surface area contributed by atoms with Crippen molar-refractivity contribution >= 4 is 17.5 Å². The topological polar surface area (TPSA) is 29.1 Å². The number of rotatable bonds is 5. The first-order chi connectivity index (χ1) is 8.76. The number of hydrogen-bond donors (Lipinski definition) is 1. The third-order valence-corrected chi connectivity index (χ3v) is 3.11. The molecule has 1 amide bonds. The van der Waals surface area contributed by atoms with Crippen LogP contribution in [0.2, 0.25) is 0 Å². The highest BCUT2D eigenvalue weighted by atomic mass is 35.5. The molecule has 2 nitrogen and oxygen atoms in total. The Kier molecular flexibility index (Phi) is 5.86. The number of halogens is 1. The maximum absolute atomic E-state index is 11.8. The van der Waals surface area contributed by atoms with Crippen molar-refractivity contribution in [2.24, 2.45) is 5.41 Å². The van der Waals surface area contributed by atoms with E-state index in [0.29, 0.717) is 13.0 Å². The Morgan fingerprint density at radius 2 is 2.05 bits per heavy atom. The number of hydrogen-bond acceptors (Lipinski definition) is 1. The number of alkyl halides is 1. The third-order valence-electron chi connectivity index (χ3n) is 2.80. The zero-order valence-electron chi connectivity index (χ0n) is 12.3. The van der Waals surface area contributed by atoms with Gasteiger partial charge in [-0.1, -0.05) is 50.6 Å². The van der Waals surface area contributed by atoms with E-state index in [1.54, 1.807) is 0 Å². The molecule has 0 heterocycles. The molecule has 0 aromatic heterocycles. The Hall–Kier alpha value is -1.02. The molecule has 0 aliphatic heterocycles. The van der Waals surface area contributed by atoms with Crippen LogP contribution in [-0.4, -0.2) is 17.8 Å². The van der Waals surface area contributed by atoms with Gasteiger partial charge in [-0.15, -0.1) is 11.6 Å². The standard InChI is InChI=1S/C16H24ClNO/c1-12-6-5-7-13(8-12)9-15(19)18-11-14(17)10-16(2,3)4/h5-8,14H,9-11H2,1-4H3,(H,18,19). The normalized spacial score (nSPS) is 13.1. The van der Waals surface area contributed by atoms with Gasteiger partial charge in [0.05, 0.1) is 11.8 Å². The van der Waals surface area contributed by atoms with Crippen LogP contribution in [0.25, 0.3) is 0 Å². The minimum atomic E-state index is -0.0125. The van der Waals surface area contributed by atoms with E-state index in [1.807, 2.05) is 31.2 Å². The summed E-state index contributed by atoms with van der Waals surface area (Å²) in [6, 6.07) is 8.01. The predicted molar refractivity (Wildman–Crippen MR) is 81.6 cm³/mol. The number of nitrogens with one attached hydrogen (secondary N) is 1. The van der Waals surface area contributed by atoms with Crippen molar-refractivity contribution in [3.8, 4) is 0 Å². The van der Waals surface area contributed by atoms with Crippen molar-refractivity contribution in [3.05, 3.63) is 35.4 Å². The molecule has 1 rings (SSSR count). The van der Waals surface area contributed by atoms with Crippen LogP contribution in [0.1, 0.15) is 38.3 Å². The lowest BCUT2D eigenvalue weighted by Crippen LogP contribution is -2.32. The molecule has 19 heavy (non-hydrogen) atoms. The van der Waals surface area contributed by atoms with Crippen molar-refractivity contribution in [2.75, 3.05) is 6.54 Å². The van der Waals surface area contributed by atoms with Crippen LogP contribution < -0.4 is 5.32 Å². The van der Waals surface area contributed by atoms with Crippen LogP contribution in [-0.2, 0) is 11.2 Å². The van der Waals surface area contributed by atoms with E-state index in [1.165, 1.54) is 5.56 Å². The quantitative estimate of drug-likeness (QED) is 0.819. The fourth-order valence-corrected chi connectivity index (χ4v) is 2.57. The largest absolute Gasteiger partial charge is 0.354 e. The fraction of sp³-hybridized carbons (Fsp3) is 0.562. The average molecular weight is 282 g/mol. The van der Waals surface area contributed by atoms with E-state index < -0.39 is 0 Å². The van der Waals surface area contributed by atoms with Gasteiger partial charge in [0, 0.05) is 6.54 Å². The molecule has 1 aromatic rings. The Labute approximate surface area is 121 Å². The van der Waals surface area contributed by atoms with Gasteiger partial charge in [0.1, 0.15) is 0 Å². The Bertz CT molecular complexity index is 423. The SMILES string of the molecule is Cc1cccc(CC(=O)NCC(Cl)CC(C)(C)C)c1. The molecule has 0 aliphatic rings. The van der Waals surface area contributed by atoms with Crippen molar-refractivity contribution in [2.45, 2.75) is 45.9 Å². The van der Waals surface area contributed by atoms with Gasteiger partial charge in [-0.3, -0.25) is 4.79 Å². The highest BCUT2D eigenvalue weighted by molar-refractivity contribution is 6.20. The number of amides is 1. The van der Waals surface area contributed by atoms with E-state index in [0.717, 1.165) is 12.0 Å². The van der Waals surface area contributed by atoms with Gasteiger partial charge < -0.3 is 5.32 Å². The van der Waals surface area contributed by atoms with Crippen LogP contribution in [0, 0.1) is 12.3 Å². The number of aryl methyl sites for hydroxylation is 1. The summed E-state index contributed by atoms with van der Waals surface area (Å²) in [5.74, 6) is 0.0326.